The Morgan fingerprint density at radius 3 is 2.48 bits per heavy atom. The molecule has 1 aliphatic carbocycles. The summed E-state index contributed by atoms with van der Waals surface area (Å²) in [5.41, 5.74) is 3.07. The molecule has 2 unspecified atom stereocenters. The highest BCUT2D eigenvalue weighted by Crippen LogP contribution is 2.38. The summed E-state index contributed by atoms with van der Waals surface area (Å²) in [4.78, 5) is 0. The lowest BCUT2D eigenvalue weighted by atomic mass is 9.79. The number of rotatable bonds is 6. The third kappa shape index (κ3) is 3.84. The predicted octanol–water partition coefficient (Wildman–Crippen LogP) is 5.28. The lowest BCUT2D eigenvalue weighted by molar-refractivity contribution is 0.419. The zero-order chi connectivity index (χ0) is 14.5. The molecule has 21 heavy (non-hydrogen) atoms. The maximum atomic E-state index is 3.81. The zero-order valence-electron chi connectivity index (χ0n) is 13.3. The third-order valence-corrected chi connectivity index (χ3v) is 6.53. The van der Waals surface area contributed by atoms with Crippen LogP contribution < -0.4 is 5.32 Å². The summed E-state index contributed by atoms with van der Waals surface area (Å²) >= 11 is 2.18. The van der Waals surface area contributed by atoms with Gasteiger partial charge >= 0.3 is 0 Å². The van der Waals surface area contributed by atoms with E-state index in [0.29, 0.717) is 6.04 Å². The van der Waals surface area contributed by atoms with Gasteiger partial charge in [0.25, 0.3) is 0 Å². The summed E-state index contributed by atoms with van der Waals surface area (Å²) < 4.78 is 0. The van der Waals surface area contributed by atoms with Crippen molar-refractivity contribution >= 4 is 11.8 Å². The Balaban J connectivity index is 1.71. The summed E-state index contributed by atoms with van der Waals surface area (Å²) in [5.74, 6) is 2.19. The normalized spacial score (nSPS) is 24.5. The highest BCUT2D eigenvalue weighted by Gasteiger charge is 2.26. The standard InChI is InChI=1S/C19H29NS/c1-2-13-20-19(18-8-3-4-14-21-18)17-11-9-16(10-12-17)15-6-5-7-15/h9-12,15,18-20H,2-8,13-14H2,1H3. The number of hydrogen-bond donors (Lipinski definition) is 1. The first-order valence-electron chi connectivity index (χ1n) is 8.83. The molecule has 1 nitrogen and oxygen atoms in total. The summed E-state index contributed by atoms with van der Waals surface area (Å²) in [7, 11) is 0. The number of thioether (sulfide) groups is 1. The van der Waals surface area contributed by atoms with E-state index in [1.54, 1.807) is 5.56 Å². The third-order valence-electron chi connectivity index (χ3n) is 5.07. The van der Waals surface area contributed by atoms with Crippen molar-refractivity contribution in [1.82, 2.24) is 5.32 Å². The maximum absolute atomic E-state index is 3.81. The highest BCUT2D eigenvalue weighted by molar-refractivity contribution is 8.00. The van der Waals surface area contributed by atoms with Gasteiger partial charge in [0.1, 0.15) is 0 Å². The van der Waals surface area contributed by atoms with Crippen LogP contribution in [0.15, 0.2) is 24.3 Å². The molecule has 2 heteroatoms. The number of benzene rings is 1. The fourth-order valence-electron chi connectivity index (χ4n) is 3.51. The van der Waals surface area contributed by atoms with Crippen molar-refractivity contribution in [3.63, 3.8) is 0 Å². The topological polar surface area (TPSA) is 12.0 Å². The van der Waals surface area contributed by atoms with Crippen molar-refractivity contribution in [3.8, 4) is 0 Å². The van der Waals surface area contributed by atoms with Crippen molar-refractivity contribution in [1.29, 1.82) is 0 Å². The van der Waals surface area contributed by atoms with Gasteiger partial charge in [-0.1, -0.05) is 44.0 Å². The van der Waals surface area contributed by atoms with Crippen LogP contribution in [0.1, 0.15) is 75.0 Å². The Labute approximate surface area is 134 Å². The van der Waals surface area contributed by atoms with Crippen molar-refractivity contribution in [2.45, 2.75) is 69.1 Å². The predicted molar refractivity (Wildman–Crippen MR) is 94.2 cm³/mol. The van der Waals surface area contributed by atoms with Gasteiger partial charge < -0.3 is 5.32 Å². The maximum Gasteiger partial charge on any atom is 0.0440 e. The molecule has 0 bridgehead atoms. The first kappa shape index (κ1) is 15.4. The fourth-order valence-corrected chi connectivity index (χ4v) is 4.96. The molecule has 3 rings (SSSR count). The monoisotopic (exact) mass is 303 g/mol. The van der Waals surface area contributed by atoms with Crippen LogP contribution in [0.5, 0.6) is 0 Å². The molecule has 2 atom stereocenters. The van der Waals surface area contributed by atoms with Gasteiger partial charge in [-0.15, -0.1) is 0 Å². The van der Waals surface area contributed by atoms with Gasteiger partial charge in [-0.05, 0) is 61.4 Å². The molecule has 116 valence electrons. The lowest BCUT2D eigenvalue weighted by Gasteiger charge is -2.32. The van der Waals surface area contributed by atoms with E-state index in [0.717, 1.165) is 17.7 Å². The summed E-state index contributed by atoms with van der Waals surface area (Å²) in [5, 5.41) is 4.58. The van der Waals surface area contributed by atoms with Gasteiger partial charge in [-0.2, -0.15) is 11.8 Å². The molecule has 1 saturated heterocycles. The van der Waals surface area contributed by atoms with Crippen molar-refractivity contribution < 1.29 is 0 Å². The van der Waals surface area contributed by atoms with Gasteiger partial charge in [0.15, 0.2) is 0 Å². The molecular formula is C19H29NS. The van der Waals surface area contributed by atoms with E-state index in [-0.39, 0.29) is 0 Å². The smallest absolute Gasteiger partial charge is 0.0440 e. The van der Waals surface area contributed by atoms with Crippen LogP contribution in [-0.4, -0.2) is 17.5 Å². The van der Waals surface area contributed by atoms with E-state index in [2.05, 4.69) is 48.3 Å². The van der Waals surface area contributed by atoms with Gasteiger partial charge in [-0.3, -0.25) is 0 Å². The Morgan fingerprint density at radius 2 is 1.90 bits per heavy atom. The molecule has 1 aromatic rings. The van der Waals surface area contributed by atoms with E-state index in [1.807, 2.05) is 0 Å². The molecule has 1 heterocycles. The van der Waals surface area contributed by atoms with Gasteiger partial charge in [0.05, 0.1) is 0 Å². The van der Waals surface area contributed by atoms with Crippen molar-refractivity contribution in [3.05, 3.63) is 35.4 Å². The molecule has 0 amide bonds. The molecule has 1 saturated carbocycles. The molecule has 1 N–H and O–H groups in total. The minimum absolute atomic E-state index is 0.547. The van der Waals surface area contributed by atoms with Crippen molar-refractivity contribution in [2.24, 2.45) is 0 Å². The Hall–Kier alpha value is -0.470. The SMILES string of the molecule is CCCNC(c1ccc(C2CCC2)cc1)C1CCCCS1. The minimum Gasteiger partial charge on any atom is -0.309 e. The molecule has 2 fully saturated rings. The fraction of sp³-hybridized carbons (Fsp3) is 0.684. The number of nitrogens with one attached hydrogen (secondary N) is 1. The van der Waals surface area contributed by atoms with E-state index >= 15 is 0 Å². The quantitative estimate of drug-likeness (QED) is 0.767. The summed E-state index contributed by atoms with van der Waals surface area (Å²) in [6.07, 6.45) is 9.62. The average Bonchev–Trinajstić information content (AvgIpc) is 2.49. The van der Waals surface area contributed by atoms with Crippen molar-refractivity contribution in [2.75, 3.05) is 12.3 Å². The van der Waals surface area contributed by atoms with Crippen LogP contribution in [0.25, 0.3) is 0 Å². The molecule has 2 aliphatic rings. The van der Waals surface area contributed by atoms with Gasteiger partial charge in [0.2, 0.25) is 0 Å². The summed E-state index contributed by atoms with van der Waals surface area (Å²) in [6.45, 7) is 3.39. The Morgan fingerprint density at radius 1 is 1.10 bits per heavy atom. The van der Waals surface area contributed by atoms with E-state index in [1.165, 1.54) is 56.3 Å². The second-order valence-corrected chi connectivity index (χ2v) is 7.98. The molecule has 0 aromatic heterocycles. The number of hydrogen-bond acceptors (Lipinski definition) is 2. The Kier molecular flexibility index (Phi) is 5.65. The molecule has 0 radical (unpaired) electrons. The summed E-state index contributed by atoms with van der Waals surface area (Å²) in [6, 6.07) is 10.1. The van der Waals surface area contributed by atoms with Gasteiger partial charge in [-0.25, -0.2) is 0 Å². The van der Waals surface area contributed by atoms with Crippen LogP contribution in [-0.2, 0) is 0 Å². The second-order valence-electron chi connectivity index (χ2n) is 6.63. The molecule has 0 spiro atoms. The van der Waals surface area contributed by atoms with E-state index in [9.17, 15) is 0 Å². The van der Waals surface area contributed by atoms with Crippen LogP contribution >= 0.6 is 11.8 Å². The molecular weight excluding hydrogens is 274 g/mol. The van der Waals surface area contributed by atoms with Crippen LogP contribution in [0.3, 0.4) is 0 Å². The highest BCUT2D eigenvalue weighted by atomic mass is 32.2. The van der Waals surface area contributed by atoms with Gasteiger partial charge in [0, 0.05) is 11.3 Å². The first-order chi connectivity index (χ1) is 10.4. The zero-order valence-corrected chi connectivity index (χ0v) is 14.1. The lowest BCUT2D eigenvalue weighted by Crippen LogP contribution is -2.32. The molecule has 1 aliphatic heterocycles. The Bertz CT molecular complexity index is 418. The van der Waals surface area contributed by atoms with Crippen LogP contribution in [0, 0.1) is 0 Å². The first-order valence-corrected chi connectivity index (χ1v) is 9.88. The van der Waals surface area contributed by atoms with E-state index in [4.69, 9.17) is 0 Å². The molecule has 1 aromatic carbocycles. The minimum atomic E-state index is 0.547. The largest absolute Gasteiger partial charge is 0.309 e. The second kappa shape index (κ2) is 7.69. The van der Waals surface area contributed by atoms with Crippen LogP contribution in [0.2, 0.25) is 0 Å². The van der Waals surface area contributed by atoms with E-state index < -0.39 is 0 Å². The average molecular weight is 304 g/mol. The van der Waals surface area contributed by atoms with Crippen LogP contribution in [0.4, 0.5) is 0 Å².